The fourth-order valence-electron chi connectivity index (χ4n) is 4.47. The first kappa shape index (κ1) is 25.9. The van der Waals surface area contributed by atoms with Gasteiger partial charge in [-0.15, -0.1) is 0 Å². The molecular formula is C24H33IN2O6. The fourth-order valence-corrected chi connectivity index (χ4v) is 5.22. The van der Waals surface area contributed by atoms with Gasteiger partial charge in [0.1, 0.15) is 18.5 Å². The molecule has 2 aliphatic carbocycles. The molecule has 0 saturated heterocycles. The maximum atomic E-state index is 12.7. The second-order valence-electron chi connectivity index (χ2n) is 8.56. The number of hydrogen-bond acceptors (Lipinski definition) is 7. The molecule has 0 aromatic heterocycles. The highest BCUT2D eigenvalue weighted by atomic mass is 127. The van der Waals surface area contributed by atoms with Crippen LogP contribution in [0, 0.1) is 3.57 Å². The van der Waals surface area contributed by atoms with E-state index in [9.17, 15) is 14.7 Å². The summed E-state index contributed by atoms with van der Waals surface area (Å²) in [5, 5.41) is 26.6. The van der Waals surface area contributed by atoms with E-state index in [1.807, 2.05) is 0 Å². The fraction of sp³-hybridized carbons (Fsp3) is 0.583. The number of nitrogens with one attached hydrogen (secondary N) is 2. The molecule has 1 saturated carbocycles. The average Bonchev–Trinajstić information content (AvgIpc) is 3.09. The number of aliphatic hydroxyl groups is 2. The molecule has 8 nitrogen and oxygen atoms in total. The summed E-state index contributed by atoms with van der Waals surface area (Å²) in [7, 11) is 1.49. The lowest BCUT2D eigenvalue weighted by atomic mass is 9.88. The Morgan fingerprint density at radius 1 is 1.24 bits per heavy atom. The predicted molar refractivity (Wildman–Crippen MR) is 133 cm³/mol. The second-order valence-corrected chi connectivity index (χ2v) is 9.72. The van der Waals surface area contributed by atoms with Crippen molar-refractivity contribution in [3.63, 3.8) is 0 Å². The highest BCUT2D eigenvalue weighted by molar-refractivity contribution is 14.1. The number of halogens is 1. The number of carbonyl (C=O) groups excluding carboxylic acids is 2. The van der Waals surface area contributed by atoms with Gasteiger partial charge in [-0.2, -0.15) is 0 Å². The molecule has 0 bridgehead atoms. The standard InChI is InChI=1S/C24H33IN2O6/c1-32-21-11-15(14-29)10-18(25)23(21)33-20-13-16(24(31)26-8-9-28)12-19(22(20)30)27-17-6-4-2-3-5-7-17/h10-11,13-14,17,19-20,22,27-28,30H,2-9,12H2,1H3,(H,26,31)/t19-,20+,22+/m1/s1. The second kappa shape index (κ2) is 12.7. The molecule has 0 heterocycles. The number of rotatable bonds is 9. The van der Waals surface area contributed by atoms with Crippen molar-refractivity contribution in [2.75, 3.05) is 20.3 Å². The van der Waals surface area contributed by atoms with Crippen molar-refractivity contribution in [1.82, 2.24) is 10.6 Å². The van der Waals surface area contributed by atoms with E-state index in [2.05, 4.69) is 33.2 Å². The number of benzene rings is 1. The van der Waals surface area contributed by atoms with Crippen LogP contribution in [-0.4, -0.2) is 67.0 Å². The summed E-state index contributed by atoms with van der Waals surface area (Å²) in [5.41, 5.74) is 0.962. The largest absolute Gasteiger partial charge is 0.493 e. The van der Waals surface area contributed by atoms with Gasteiger partial charge in [0.05, 0.1) is 17.3 Å². The van der Waals surface area contributed by atoms with E-state index in [1.54, 1.807) is 18.2 Å². The molecule has 1 aromatic rings. The van der Waals surface area contributed by atoms with Crippen molar-refractivity contribution >= 4 is 34.8 Å². The van der Waals surface area contributed by atoms with Gasteiger partial charge >= 0.3 is 0 Å². The molecule has 0 radical (unpaired) electrons. The molecule has 9 heteroatoms. The van der Waals surface area contributed by atoms with Crippen LogP contribution in [0.15, 0.2) is 23.8 Å². The van der Waals surface area contributed by atoms with Crippen LogP contribution in [0.1, 0.15) is 55.3 Å². The molecule has 2 aliphatic rings. The number of methoxy groups -OCH3 is 1. The topological polar surface area (TPSA) is 117 Å². The van der Waals surface area contributed by atoms with E-state index in [-0.39, 0.29) is 31.1 Å². The summed E-state index contributed by atoms with van der Waals surface area (Å²) in [6.45, 7) is 0.00759. The monoisotopic (exact) mass is 572 g/mol. The summed E-state index contributed by atoms with van der Waals surface area (Å²) in [6.07, 6.45) is 7.92. The highest BCUT2D eigenvalue weighted by Crippen LogP contribution is 2.36. The van der Waals surface area contributed by atoms with Gasteiger partial charge in [0.25, 0.3) is 0 Å². The van der Waals surface area contributed by atoms with E-state index in [0.29, 0.717) is 32.6 Å². The summed E-state index contributed by atoms with van der Waals surface area (Å²) in [6, 6.07) is 3.20. The van der Waals surface area contributed by atoms with Crippen LogP contribution in [-0.2, 0) is 4.79 Å². The first-order valence-corrected chi connectivity index (χ1v) is 12.6. The Labute approximate surface area is 208 Å². The van der Waals surface area contributed by atoms with E-state index < -0.39 is 12.2 Å². The zero-order chi connectivity index (χ0) is 23.8. The van der Waals surface area contributed by atoms with Crippen LogP contribution in [0.4, 0.5) is 0 Å². The van der Waals surface area contributed by atoms with Crippen molar-refractivity contribution in [1.29, 1.82) is 0 Å². The Morgan fingerprint density at radius 3 is 2.61 bits per heavy atom. The molecule has 0 aliphatic heterocycles. The summed E-state index contributed by atoms with van der Waals surface area (Å²) in [5.74, 6) is 0.513. The molecule has 182 valence electrons. The van der Waals surface area contributed by atoms with Crippen LogP contribution in [0.5, 0.6) is 11.5 Å². The lowest BCUT2D eigenvalue weighted by molar-refractivity contribution is -0.118. The number of ether oxygens (including phenoxy) is 2. The predicted octanol–water partition coefficient (Wildman–Crippen LogP) is 2.34. The molecule has 0 spiro atoms. The lowest BCUT2D eigenvalue weighted by Gasteiger charge is -2.36. The number of aliphatic hydroxyl groups excluding tert-OH is 2. The minimum atomic E-state index is -0.881. The van der Waals surface area contributed by atoms with Gasteiger partial charge in [-0.1, -0.05) is 25.7 Å². The Balaban J connectivity index is 1.87. The van der Waals surface area contributed by atoms with Crippen LogP contribution in [0.25, 0.3) is 0 Å². The molecule has 3 atom stereocenters. The molecule has 1 fully saturated rings. The van der Waals surface area contributed by atoms with Gasteiger partial charge in [0.2, 0.25) is 5.91 Å². The molecule has 1 amide bonds. The Bertz CT molecular complexity index is 854. The van der Waals surface area contributed by atoms with Gasteiger partial charge in [-0.05, 0) is 60.1 Å². The molecule has 4 N–H and O–H groups in total. The van der Waals surface area contributed by atoms with Crippen molar-refractivity contribution in [2.24, 2.45) is 0 Å². The van der Waals surface area contributed by atoms with Crippen molar-refractivity contribution in [3.05, 3.63) is 32.9 Å². The molecule has 33 heavy (non-hydrogen) atoms. The normalized spacial score (nSPS) is 23.9. The van der Waals surface area contributed by atoms with Crippen LogP contribution < -0.4 is 20.1 Å². The third-order valence-corrected chi connectivity index (χ3v) is 6.99. The van der Waals surface area contributed by atoms with Gasteiger partial charge in [-0.3, -0.25) is 9.59 Å². The summed E-state index contributed by atoms with van der Waals surface area (Å²) in [4.78, 5) is 23.9. The average molecular weight is 572 g/mol. The third-order valence-electron chi connectivity index (χ3n) is 6.19. The van der Waals surface area contributed by atoms with Crippen LogP contribution >= 0.6 is 22.6 Å². The number of aldehydes is 1. The maximum Gasteiger partial charge on any atom is 0.247 e. The first-order valence-electron chi connectivity index (χ1n) is 11.5. The van der Waals surface area contributed by atoms with Crippen LogP contribution in [0.2, 0.25) is 0 Å². The first-order chi connectivity index (χ1) is 16.0. The quantitative estimate of drug-likeness (QED) is 0.204. The van der Waals surface area contributed by atoms with Crippen molar-refractivity contribution in [3.8, 4) is 11.5 Å². The lowest BCUT2D eigenvalue weighted by Crippen LogP contribution is -2.54. The summed E-state index contributed by atoms with van der Waals surface area (Å²) >= 11 is 2.06. The highest BCUT2D eigenvalue weighted by Gasteiger charge is 2.37. The third kappa shape index (κ3) is 6.91. The Morgan fingerprint density at radius 2 is 1.97 bits per heavy atom. The minimum absolute atomic E-state index is 0.149. The number of amides is 1. The SMILES string of the molecule is COc1cc(C=O)cc(I)c1O[C@H]1C=C(C(=O)NCCO)C[C@@H](NC2CCCCCC2)[C@@H]1O. The number of hydrogen-bond donors (Lipinski definition) is 4. The Kier molecular flexibility index (Phi) is 9.96. The van der Waals surface area contributed by atoms with Gasteiger partial charge < -0.3 is 30.3 Å². The van der Waals surface area contributed by atoms with Gasteiger partial charge in [0, 0.05) is 29.8 Å². The zero-order valence-electron chi connectivity index (χ0n) is 18.9. The van der Waals surface area contributed by atoms with E-state index in [4.69, 9.17) is 14.6 Å². The van der Waals surface area contributed by atoms with Crippen molar-refractivity contribution in [2.45, 2.75) is 69.2 Å². The van der Waals surface area contributed by atoms with E-state index >= 15 is 0 Å². The smallest absolute Gasteiger partial charge is 0.247 e. The molecule has 1 aromatic carbocycles. The maximum absolute atomic E-state index is 12.7. The zero-order valence-corrected chi connectivity index (χ0v) is 21.0. The molecule has 3 rings (SSSR count). The summed E-state index contributed by atoms with van der Waals surface area (Å²) < 4.78 is 12.3. The van der Waals surface area contributed by atoms with Gasteiger partial charge in [-0.25, -0.2) is 0 Å². The van der Waals surface area contributed by atoms with Crippen LogP contribution in [0.3, 0.4) is 0 Å². The van der Waals surface area contributed by atoms with Gasteiger partial charge in [0.15, 0.2) is 11.5 Å². The molecule has 0 unspecified atom stereocenters. The molecular weight excluding hydrogens is 539 g/mol. The minimum Gasteiger partial charge on any atom is -0.493 e. The van der Waals surface area contributed by atoms with Crippen molar-refractivity contribution < 1.29 is 29.3 Å². The number of carbonyl (C=O) groups is 2. The van der Waals surface area contributed by atoms with E-state index in [0.717, 1.165) is 32.0 Å². The van der Waals surface area contributed by atoms with E-state index in [1.165, 1.54) is 20.0 Å². The Hall–Kier alpha value is -1.69.